The van der Waals surface area contributed by atoms with E-state index in [1.807, 2.05) is 26.0 Å². The summed E-state index contributed by atoms with van der Waals surface area (Å²) in [6, 6.07) is 7.24. The van der Waals surface area contributed by atoms with Crippen LogP contribution in [-0.2, 0) is 6.61 Å². The van der Waals surface area contributed by atoms with Gasteiger partial charge in [-0.2, -0.15) is 0 Å². The molecule has 0 saturated carbocycles. The van der Waals surface area contributed by atoms with Gasteiger partial charge in [-0.1, -0.05) is 29.8 Å². The van der Waals surface area contributed by atoms with E-state index in [-0.39, 0.29) is 6.61 Å². The molecule has 1 heterocycles. The van der Waals surface area contributed by atoms with E-state index in [2.05, 4.69) is 10.2 Å². The van der Waals surface area contributed by atoms with E-state index in [9.17, 15) is 5.11 Å². The summed E-state index contributed by atoms with van der Waals surface area (Å²) in [6.07, 6.45) is 0. The Balaban J connectivity index is 2.37. The first-order valence-electron chi connectivity index (χ1n) is 5.49. The predicted molar refractivity (Wildman–Crippen MR) is 69.0 cm³/mol. The molecule has 0 unspecified atom stereocenters. The number of hydrogen-bond donors (Lipinski definition) is 1. The molecule has 0 amide bonds. The highest BCUT2D eigenvalue weighted by Gasteiger charge is 2.11. The number of aliphatic hydroxyl groups excluding tert-OH is 1. The Morgan fingerprint density at radius 1 is 1.17 bits per heavy atom. The molecular formula is C13H13ClN2O2. The van der Waals surface area contributed by atoms with Gasteiger partial charge in [0, 0.05) is 11.1 Å². The van der Waals surface area contributed by atoms with E-state index in [0.29, 0.717) is 22.3 Å². The zero-order valence-corrected chi connectivity index (χ0v) is 10.9. The minimum atomic E-state index is -0.0881. The standard InChI is InChI=1S/C13H13ClN2O2/c1-8-9(2)13(16-15-12(8)14)18-11-6-4-3-5-10(11)7-17/h3-6,17H,7H2,1-2H3. The van der Waals surface area contributed by atoms with Gasteiger partial charge in [0.1, 0.15) is 5.75 Å². The van der Waals surface area contributed by atoms with Gasteiger partial charge in [-0.3, -0.25) is 0 Å². The third-order valence-electron chi connectivity index (χ3n) is 2.77. The number of aliphatic hydroxyl groups is 1. The Bertz CT molecular complexity index is 573. The molecule has 0 spiro atoms. The maximum atomic E-state index is 9.23. The second-order valence-electron chi connectivity index (χ2n) is 3.91. The lowest BCUT2D eigenvalue weighted by Crippen LogP contribution is -1.99. The van der Waals surface area contributed by atoms with Crippen molar-refractivity contribution in [2.75, 3.05) is 0 Å². The van der Waals surface area contributed by atoms with E-state index in [0.717, 1.165) is 11.1 Å². The fourth-order valence-corrected chi connectivity index (χ4v) is 1.67. The first kappa shape index (κ1) is 12.8. The van der Waals surface area contributed by atoms with Crippen LogP contribution in [0.15, 0.2) is 24.3 Å². The highest BCUT2D eigenvalue weighted by atomic mass is 35.5. The zero-order chi connectivity index (χ0) is 13.1. The summed E-state index contributed by atoms with van der Waals surface area (Å²) in [5, 5.41) is 17.3. The molecule has 0 aliphatic heterocycles. The first-order chi connectivity index (χ1) is 8.63. The minimum Gasteiger partial charge on any atom is -0.437 e. The van der Waals surface area contributed by atoms with Crippen LogP contribution < -0.4 is 4.74 Å². The molecule has 0 aliphatic carbocycles. The lowest BCUT2D eigenvalue weighted by Gasteiger charge is -2.11. The van der Waals surface area contributed by atoms with Crippen LogP contribution in [0.2, 0.25) is 5.15 Å². The molecule has 94 valence electrons. The van der Waals surface area contributed by atoms with Gasteiger partial charge in [0.15, 0.2) is 5.15 Å². The summed E-state index contributed by atoms with van der Waals surface area (Å²) in [5.41, 5.74) is 2.37. The smallest absolute Gasteiger partial charge is 0.242 e. The van der Waals surface area contributed by atoms with Crippen molar-refractivity contribution >= 4 is 11.6 Å². The van der Waals surface area contributed by atoms with E-state index >= 15 is 0 Å². The van der Waals surface area contributed by atoms with Crippen molar-refractivity contribution in [1.82, 2.24) is 10.2 Å². The Kier molecular flexibility index (Phi) is 3.79. The second kappa shape index (κ2) is 5.33. The van der Waals surface area contributed by atoms with Crippen LogP contribution in [-0.4, -0.2) is 15.3 Å². The maximum absolute atomic E-state index is 9.23. The zero-order valence-electron chi connectivity index (χ0n) is 10.1. The molecule has 5 heteroatoms. The average molecular weight is 265 g/mol. The number of halogens is 1. The van der Waals surface area contributed by atoms with Gasteiger partial charge < -0.3 is 9.84 Å². The molecule has 1 aromatic heterocycles. The summed E-state index contributed by atoms with van der Waals surface area (Å²) in [4.78, 5) is 0. The lowest BCUT2D eigenvalue weighted by atomic mass is 10.2. The Hall–Kier alpha value is -1.65. The van der Waals surface area contributed by atoms with Crippen molar-refractivity contribution in [3.05, 3.63) is 46.1 Å². The van der Waals surface area contributed by atoms with Gasteiger partial charge in [0.25, 0.3) is 0 Å². The second-order valence-corrected chi connectivity index (χ2v) is 4.27. The summed E-state index contributed by atoms with van der Waals surface area (Å²) in [7, 11) is 0. The normalized spacial score (nSPS) is 10.4. The van der Waals surface area contributed by atoms with Crippen molar-refractivity contribution in [3.8, 4) is 11.6 Å². The van der Waals surface area contributed by atoms with Crippen LogP contribution >= 0.6 is 11.6 Å². The monoisotopic (exact) mass is 264 g/mol. The van der Waals surface area contributed by atoms with Gasteiger partial charge in [-0.15, -0.1) is 10.2 Å². The van der Waals surface area contributed by atoms with Crippen LogP contribution in [0.3, 0.4) is 0 Å². The SMILES string of the molecule is Cc1c(Cl)nnc(Oc2ccccc2CO)c1C. The van der Waals surface area contributed by atoms with E-state index in [1.165, 1.54) is 0 Å². The number of benzene rings is 1. The quantitative estimate of drug-likeness (QED) is 0.926. The molecule has 18 heavy (non-hydrogen) atoms. The molecule has 0 radical (unpaired) electrons. The summed E-state index contributed by atoms with van der Waals surface area (Å²) in [5.74, 6) is 0.969. The number of aromatic nitrogens is 2. The van der Waals surface area contributed by atoms with Gasteiger partial charge in [-0.05, 0) is 25.5 Å². The Labute approximate surface area is 110 Å². The van der Waals surface area contributed by atoms with E-state index in [1.54, 1.807) is 12.1 Å². The van der Waals surface area contributed by atoms with Gasteiger partial charge >= 0.3 is 0 Å². The fraction of sp³-hybridized carbons (Fsp3) is 0.231. The van der Waals surface area contributed by atoms with Crippen LogP contribution in [0.5, 0.6) is 11.6 Å². The Morgan fingerprint density at radius 3 is 2.61 bits per heavy atom. The molecule has 1 N–H and O–H groups in total. The predicted octanol–water partition coefficient (Wildman–Crippen LogP) is 3.03. The van der Waals surface area contributed by atoms with E-state index in [4.69, 9.17) is 16.3 Å². The van der Waals surface area contributed by atoms with Crippen molar-refractivity contribution in [3.63, 3.8) is 0 Å². The molecule has 2 aromatic rings. The fourth-order valence-electron chi connectivity index (χ4n) is 1.49. The molecule has 0 fully saturated rings. The van der Waals surface area contributed by atoms with Gasteiger partial charge in [-0.25, -0.2) is 0 Å². The van der Waals surface area contributed by atoms with Crippen molar-refractivity contribution in [2.45, 2.75) is 20.5 Å². The van der Waals surface area contributed by atoms with Crippen LogP contribution in [0.4, 0.5) is 0 Å². The van der Waals surface area contributed by atoms with Crippen molar-refractivity contribution < 1.29 is 9.84 Å². The van der Waals surface area contributed by atoms with Crippen molar-refractivity contribution in [1.29, 1.82) is 0 Å². The number of hydrogen-bond acceptors (Lipinski definition) is 4. The lowest BCUT2D eigenvalue weighted by molar-refractivity contribution is 0.276. The number of nitrogens with zero attached hydrogens (tertiary/aromatic N) is 2. The van der Waals surface area contributed by atoms with Crippen LogP contribution in [0, 0.1) is 13.8 Å². The third kappa shape index (κ3) is 2.44. The molecule has 0 saturated heterocycles. The van der Waals surface area contributed by atoms with Crippen LogP contribution in [0.1, 0.15) is 16.7 Å². The summed E-state index contributed by atoms with van der Waals surface area (Å²) >= 11 is 5.88. The van der Waals surface area contributed by atoms with Gasteiger partial charge in [0.05, 0.1) is 6.61 Å². The molecule has 0 bridgehead atoms. The third-order valence-corrected chi connectivity index (χ3v) is 3.13. The number of rotatable bonds is 3. The summed E-state index contributed by atoms with van der Waals surface area (Å²) in [6.45, 7) is 3.64. The largest absolute Gasteiger partial charge is 0.437 e. The molecule has 1 aromatic carbocycles. The minimum absolute atomic E-state index is 0.0881. The molecular weight excluding hydrogens is 252 g/mol. The molecule has 0 aliphatic rings. The highest BCUT2D eigenvalue weighted by Crippen LogP contribution is 2.28. The number of ether oxygens (including phenoxy) is 1. The number of para-hydroxylation sites is 1. The topological polar surface area (TPSA) is 55.2 Å². The Morgan fingerprint density at radius 2 is 1.89 bits per heavy atom. The van der Waals surface area contributed by atoms with Crippen LogP contribution in [0.25, 0.3) is 0 Å². The molecule has 4 nitrogen and oxygen atoms in total. The average Bonchev–Trinajstić information content (AvgIpc) is 2.40. The first-order valence-corrected chi connectivity index (χ1v) is 5.87. The van der Waals surface area contributed by atoms with Crippen molar-refractivity contribution in [2.24, 2.45) is 0 Å². The maximum Gasteiger partial charge on any atom is 0.242 e. The molecule has 0 atom stereocenters. The summed E-state index contributed by atoms with van der Waals surface area (Å²) < 4.78 is 5.67. The van der Waals surface area contributed by atoms with E-state index < -0.39 is 0 Å². The molecule has 2 rings (SSSR count). The van der Waals surface area contributed by atoms with Gasteiger partial charge in [0.2, 0.25) is 5.88 Å². The highest BCUT2D eigenvalue weighted by molar-refractivity contribution is 6.30.